The van der Waals surface area contributed by atoms with Gasteiger partial charge in [-0.25, -0.2) is 9.36 Å². The molecule has 2 aromatic carbocycles. The lowest BCUT2D eigenvalue weighted by atomic mass is 9.77. The number of phenolic OH excluding ortho intramolecular Hbond substituents is 1. The van der Waals surface area contributed by atoms with E-state index in [1.54, 1.807) is 16.7 Å². The number of aromatic nitrogens is 1. The van der Waals surface area contributed by atoms with E-state index in [0.717, 1.165) is 43.7 Å². The van der Waals surface area contributed by atoms with Gasteiger partial charge in [-0.3, -0.25) is 14.6 Å². The normalized spacial score (nSPS) is 17.5. The van der Waals surface area contributed by atoms with Crippen LogP contribution in [0.1, 0.15) is 76.9 Å². The molecule has 3 heterocycles. The number of fused-ring (bicyclic) bond motifs is 2. The molecule has 2 aliphatic heterocycles. The molecule has 1 aromatic heterocycles. The number of hydrogen-bond acceptors (Lipinski definition) is 7. The monoisotopic (exact) mass is 617 g/mol. The van der Waals surface area contributed by atoms with Crippen molar-refractivity contribution in [3.8, 4) is 17.0 Å². The molecule has 0 bridgehead atoms. The lowest BCUT2D eigenvalue weighted by Gasteiger charge is -2.51. The zero-order valence-electron chi connectivity index (χ0n) is 27.2. The van der Waals surface area contributed by atoms with Gasteiger partial charge in [0, 0.05) is 61.3 Å². The van der Waals surface area contributed by atoms with E-state index in [-0.39, 0.29) is 35.3 Å². The second-order valence-corrected chi connectivity index (χ2v) is 14.9. The summed E-state index contributed by atoms with van der Waals surface area (Å²) in [7, 11) is 3.35. The van der Waals surface area contributed by atoms with Gasteiger partial charge >= 0.3 is 6.09 Å². The number of piperazine rings is 1. The molecular weight excluding hydrogens is 572 g/mol. The highest BCUT2D eigenvalue weighted by Crippen LogP contribution is 2.38. The van der Waals surface area contributed by atoms with Crippen molar-refractivity contribution in [1.82, 2.24) is 19.7 Å². The van der Waals surface area contributed by atoms with Crippen molar-refractivity contribution >= 4 is 33.4 Å². The summed E-state index contributed by atoms with van der Waals surface area (Å²) in [6, 6.07) is 11.3. The molecular formula is C34H45N4O5Si. The number of nitrogens with zero attached hydrogens (tertiary/aromatic N) is 3. The number of aromatic hydroxyl groups is 1. The highest BCUT2D eigenvalue weighted by atomic mass is 28.2. The number of phenols is 1. The number of amides is 1. The Morgan fingerprint density at radius 2 is 1.68 bits per heavy atom. The van der Waals surface area contributed by atoms with Crippen LogP contribution in [0.15, 0.2) is 36.4 Å². The molecule has 1 saturated heterocycles. The topological polar surface area (TPSA) is 96.3 Å². The van der Waals surface area contributed by atoms with Crippen LogP contribution in [0.25, 0.3) is 22.2 Å². The molecule has 1 atom stereocenters. The van der Waals surface area contributed by atoms with Crippen LogP contribution in [0.4, 0.5) is 4.79 Å². The quantitative estimate of drug-likeness (QED) is 0.355. The lowest BCUT2D eigenvalue weighted by Crippen LogP contribution is -2.62. The molecule has 2 aliphatic rings. The van der Waals surface area contributed by atoms with Crippen molar-refractivity contribution in [2.24, 2.45) is 5.41 Å². The number of carbonyl (C=O) groups excluding carboxylic acids is 2. The van der Waals surface area contributed by atoms with Crippen LogP contribution < -0.4 is 5.32 Å². The second-order valence-electron chi connectivity index (χ2n) is 14.7. The predicted molar refractivity (Wildman–Crippen MR) is 173 cm³/mol. The van der Waals surface area contributed by atoms with E-state index in [1.807, 2.05) is 32.9 Å². The Bertz CT molecular complexity index is 1570. The summed E-state index contributed by atoms with van der Waals surface area (Å²) < 4.78 is 13.1. The third kappa shape index (κ3) is 6.17. The average Bonchev–Trinajstić information content (AvgIpc) is 3.49. The zero-order chi connectivity index (χ0) is 32.2. The fraction of sp³-hybridized carbons (Fsp3) is 0.529. The van der Waals surface area contributed by atoms with E-state index >= 15 is 0 Å². The maximum Gasteiger partial charge on any atom is 0.419 e. The number of hydrogen-bond donors (Lipinski definition) is 2. The van der Waals surface area contributed by atoms with Crippen LogP contribution in [-0.4, -0.2) is 85.4 Å². The van der Waals surface area contributed by atoms with Gasteiger partial charge in [0.05, 0.1) is 22.9 Å². The molecule has 3 aromatic rings. The standard InChI is InChI=1S/C34H45N4O5Si/c1-32(2,3)30(43-44)34(7,8)37-15-13-36(14-16-37)20-21-9-11-25-22(17-21)18-26(38(25)31(41)42-33(4,5)6)23-10-12-27(39)24-19-35-29(40)28(23)24/h9-12,17-18,30,39H,13-16,19-20H2,1-8H3,(H,35,40). The molecule has 3 radical (unpaired) electrons. The third-order valence-corrected chi connectivity index (χ3v) is 9.03. The van der Waals surface area contributed by atoms with Crippen molar-refractivity contribution in [3.63, 3.8) is 0 Å². The average molecular weight is 618 g/mol. The Hall–Kier alpha value is -3.18. The first kappa shape index (κ1) is 32.2. The van der Waals surface area contributed by atoms with Crippen molar-refractivity contribution < 1.29 is 23.9 Å². The molecule has 235 valence electrons. The SMILES string of the molecule is CC(C)(C)OC(=O)n1c(-c2ccc(O)c3c2C(=O)NC3)cc2cc(CN3CCN(C(C)(C)C(O[Si])C(C)(C)C)CC3)ccc21. The molecule has 2 N–H and O–H groups in total. The molecule has 1 fully saturated rings. The van der Waals surface area contributed by atoms with E-state index in [2.05, 4.69) is 72.4 Å². The van der Waals surface area contributed by atoms with E-state index in [4.69, 9.17) is 9.16 Å². The zero-order valence-corrected chi connectivity index (χ0v) is 28.2. The summed E-state index contributed by atoms with van der Waals surface area (Å²) in [6.45, 7) is 21.4. The van der Waals surface area contributed by atoms with Gasteiger partial charge in [-0.05, 0) is 75.9 Å². The van der Waals surface area contributed by atoms with Crippen LogP contribution >= 0.6 is 0 Å². The van der Waals surface area contributed by atoms with Crippen molar-refractivity contribution in [3.05, 3.63) is 53.1 Å². The maximum atomic E-state index is 13.6. The maximum absolute atomic E-state index is 13.6. The van der Waals surface area contributed by atoms with Crippen molar-refractivity contribution in [1.29, 1.82) is 0 Å². The first-order valence-electron chi connectivity index (χ1n) is 15.3. The summed E-state index contributed by atoms with van der Waals surface area (Å²) >= 11 is 0. The summed E-state index contributed by atoms with van der Waals surface area (Å²) in [4.78, 5) is 31.4. The van der Waals surface area contributed by atoms with Crippen LogP contribution in [0, 0.1) is 5.41 Å². The van der Waals surface area contributed by atoms with Crippen LogP contribution in [0.2, 0.25) is 0 Å². The summed E-state index contributed by atoms with van der Waals surface area (Å²) in [5.41, 5.74) is 3.03. The van der Waals surface area contributed by atoms with Gasteiger partial charge in [-0.2, -0.15) is 0 Å². The summed E-state index contributed by atoms with van der Waals surface area (Å²) in [5.74, 6) is -0.215. The van der Waals surface area contributed by atoms with Gasteiger partial charge in [0.2, 0.25) is 10.5 Å². The number of rotatable bonds is 6. The minimum Gasteiger partial charge on any atom is -0.508 e. The Morgan fingerprint density at radius 3 is 2.30 bits per heavy atom. The Morgan fingerprint density at radius 1 is 1.00 bits per heavy atom. The van der Waals surface area contributed by atoms with Gasteiger partial charge in [-0.15, -0.1) is 0 Å². The van der Waals surface area contributed by atoms with Gasteiger partial charge < -0.3 is 19.6 Å². The van der Waals surface area contributed by atoms with Gasteiger partial charge in [0.25, 0.3) is 5.91 Å². The lowest BCUT2D eigenvalue weighted by molar-refractivity contribution is -0.0636. The Kier molecular flexibility index (Phi) is 8.52. The Balaban J connectivity index is 1.43. The van der Waals surface area contributed by atoms with Crippen LogP contribution in [-0.2, 0) is 22.3 Å². The van der Waals surface area contributed by atoms with Gasteiger partial charge in [-0.1, -0.05) is 26.8 Å². The summed E-state index contributed by atoms with van der Waals surface area (Å²) in [5, 5.41) is 14.1. The summed E-state index contributed by atoms with van der Waals surface area (Å²) in [6.07, 6.45) is -0.500. The number of benzene rings is 2. The number of nitrogens with one attached hydrogen (secondary N) is 1. The molecule has 9 nitrogen and oxygen atoms in total. The highest BCUT2D eigenvalue weighted by molar-refractivity contribution is 6.07. The minimum atomic E-state index is -0.705. The number of carbonyl (C=O) groups is 2. The van der Waals surface area contributed by atoms with Gasteiger partial charge in [0.1, 0.15) is 11.4 Å². The fourth-order valence-corrected chi connectivity index (χ4v) is 7.54. The van der Waals surface area contributed by atoms with E-state index < -0.39 is 11.7 Å². The van der Waals surface area contributed by atoms with Crippen molar-refractivity contribution in [2.75, 3.05) is 26.2 Å². The van der Waals surface area contributed by atoms with Crippen LogP contribution in [0.3, 0.4) is 0 Å². The first-order valence-corrected chi connectivity index (χ1v) is 15.7. The van der Waals surface area contributed by atoms with E-state index in [0.29, 0.717) is 27.9 Å². The van der Waals surface area contributed by atoms with E-state index in [1.165, 1.54) is 0 Å². The second kappa shape index (κ2) is 11.6. The molecule has 1 amide bonds. The molecule has 0 aliphatic carbocycles. The molecule has 10 heteroatoms. The molecule has 5 rings (SSSR count). The largest absolute Gasteiger partial charge is 0.508 e. The molecule has 0 saturated carbocycles. The molecule has 44 heavy (non-hydrogen) atoms. The van der Waals surface area contributed by atoms with Gasteiger partial charge in [0.15, 0.2) is 0 Å². The smallest absolute Gasteiger partial charge is 0.419 e. The number of ether oxygens (including phenoxy) is 1. The van der Waals surface area contributed by atoms with Crippen LogP contribution in [0.5, 0.6) is 5.75 Å². The fourth-order valence-electron chi connectivity index (χ4n) is 6.90. The molecule has 1 unspecified atom stereocenters. The third-order valence-electron chi connectivity index (χ3n) is 8.80. The predicted octanol–water partition coefficient (Wildman–Crippen LogP) is 5.45. The minimum absolute atomic E-state index is 0.0175. The molecule has 0 spiro atoms. The Labute approximate surface area is 264 Å². The van der Waals surface area contributed by atoms with E-state index in [9.17, 15) is 14.7 Å². The van der Waals surface area contributed by atoms with Crippen molar-refractivity contribution in [2.45, 2.75) is 85.7 Å². The first-order chi connectivity index (χ1) is 20.5. The highest BCUT2D eigenvalue weighted by Gasteiger charge is 2.43.